The lowest BCUT2D eigenvalue weighted by molar-refractivity contribution is -0.122. The zero-order chi connectivity index (χ0) is 20.5. The highest BCUT2D eigenvalue weighted by Gasteiger charge is 2.30. The zero-order valence-corrected chi connectivity index (χ0v) is 17.9. The first-order valence-electron chi connectivity index (χ1n) is 10.5. The first-order chi connectivity index (χ1) is 13.4. The van der Waals surface area contributed by atoms with Gasteiger partial charge in [-0.25, -0.2) is 0 Å². The van der Waals surface area contributed by atoms with Crippen LogP contribution in [0.15, 0.2) is 18.2 Å². The number of nitrogens with zero attached hydrogens (tertiary/aromatic N) is 2. The van der Waals surface area contributed by atoms with Gasteiger partial charge in [-0.1, -0.05) is 26.0 Å². The summed E-state index contributed by atoms with van der Waals surface area (Å²) in [6.45, 7) is 12.8. The van der Waals surface area contributed by atoms with Crippen LogP contribution in [0.2, 0.25) is 0 Å². The number of anilines is 1. The molecule has 0 radical (unpaired) electrons. The van der Waals surface area contributed by atoms with E-state index in [1.54, 1.807) is 0 Å². The molecule has 1 aliphatic carbocycles. The van der Waals surface area contributed by atoms with Crippen molar-refractivity contribution >= 4 is 17.5 Å². The molecule has 156 valence electrons. The Kier molecular flexibility index (Phi) is 8.93. The van der Waals surface area contributed by atoms with E-state index in [0.29, 0.717) is 32.1 Å². The molecular formula is C22H36N4O2. The van der Waals surface area contributed by atoms with E-state index in [2.05, 4.69) is 34.3 Å². The molecule has 6 nitrogen and oxygen atoms in total. The van der Waals surface area contributed by atoms with Gasteiger partial charge in [0.15, 0.2) is 0 Å². The van der Waals surface area contributed by atoms with E-state index in [4.69, 9.17) is 0 Å². The smallest absolute Gasteiger partial charge is 0.238 e. The van der Waals surface area contributed by atoms with Crippen molar-refractivity contribution in [1.82, 2.24) is 15.1 Å². The molecule has 2 rings (SSSR count). The second-order valence-corrected chi connectivity index (χ2v) is 7.70. The summed E-state index contributed by atoms with van der Waals surface area (Å²) in [4.78, 5) is 29.1. The maximum absolute atomic E-state index is 12.5. The van der Waals surface area contributed by atoms with Crippen molar-refractivity contribution in [1.29, 1.82) is 0 Å². The minimum absolute atomic E-state index is 0.0115. The van der Waals surface area contributed by atoms with Crippen molar-refractivity contribution in [2.75, 3.05) is 44.6 Å². The molecule has 0 unspecified atom stereocenters. The van der Waals surface area contributed by atoms with Crippen LogP contribution >= 0.6 is 0 Å². The third-order valence-electron chi connectivity index (χ3n) is 5.35. The normalized spacial score (nSPS) is 13.8. The number of nitrogens with one attached hydrogen (secondary N) is 2. The minimum Gasteiger partial charge on any atom is -0.355 e. The number of hydrogen-bond donors (Lipinski definition) is 2. The average Bonchev–Trinajstić information content (AvgIpc) is 3.50. The number of amides is 2. The Morgan fingerprint density at radius 3 is 2.43 bits per heavy atom. The summed E-state index contributed by atoms with van der Waals surface area (Å²) in [6.07, 6.45) is 2.66. The van der Waals surface area contributed by atoms with E-state index in [1.807, 2.05) is 32.0 Å². The molecule has 0 bridgehead atoms. The van der Waals surface area contributed by atoms with E-state index < -0.39 is 0 Å². The fourth-order valence-corrected chi connectivity index (χ4v) is 3.30. The van der Waals surface area contributed by atoms with Gasteiger partial charge in [0.05, 0.1) is 6.54 Å². The third-order valence-corrected chi connectivity index (χ3v) is 5.35. The van der Waals surface area contributed by atoms with Gasteiger partial charge in [-0.3, -0.25) is 14.5 Å². The molecule has 0 aromatic heterocycles. The number of hydrogen-bond acceptors (Lipinski definition) is 4. The highest BCUT2D eigenvalue weighted by Crippen LogP contribution is 2.27. The Morgan fingerprint density at radius 2 is 1.79 bits per heavy atom. The molecule has 1 aromatic carbocycles. The summed E-state index contributed by atoms with van der Waals surface area (Å²) in [5.41, 5.74) is 3.06. The molecule has 1 fully saturated rings. The number of rotatable bonds is 12. The molecule has 6 heteroatoms. The molecule has 0 spiro atoms. The Labute approximate surface area is 169 Å². The van der Waals surface area contributed by atoms with Crippen molar-refractivity contribution in [3.05, 3.63) is 29.3 Å². The SMILES string of the molecule is CCN(CC)CCNC(=O)CCN(CC(=O)Nc1cc(C)ccc1C)C1CC1. The van der Waals surface area contributed by atoms with Gasteiger partial charge >= 0.3 is 0 Å². The quantitative estimate of drug-likeness (QED) is 0.578. The average molecular weight is 389 g/mol. The number of likely N-dealkylation sites (N-methyl/N-ethyl adjacent to an activating group) is 1. The van der Waals surface area contributed by atoms with Crippen LogP contribution in [0.4, 0.5) is 5.69 Å². The second kappa shape index (κ2) is 11.2. The zero-order valence-electron chi connectivity index (χ0n) is 17.9. The van der Waals surface area contributed by atoms with E-state index in [0.717, 1.165) is 49.3 Å². The van der Waals surface area contributed by atoms with E-state index in [9.17, 15) is 9.59 Å². The minimum atomic E-state index is -0.0115. The molecular weight excluding hydrogens is 352 g/mol. The van der Waals surface area contributed by atoms with Gasteiger partial charge in [0.25, 0.3) is 0 Å². The first kappa shape index (κ1) is 22.4. The molecule has 1 aliphatic rings. The Balaban J connectivity index is 1.76. The van der Waals surface area contributed by atoms with Crippen molar-refractivity contribution < 1.29 is 9.59 Å². The van der Waals surface area contributed by atoms with Crippen LogP contribution < -0.4 is 10.6 Å². The van der Waals surface area contributed by atoms with Crippen LogP contribution in [-0.4, -0.2) is 66.9 Å². The molecule has 0 saturated heterocycles. The molecule has 0 heterocycles. The summed E-state index contributed by atoms with van der Waals surface area (Å²) in [6, 6.07) is 6.50. The highest BCUT2D eigenvalue weighted by atomic mass is 16.2. The number of aryl methyl sites for hydroxylation is 2. The van der Waals surface area contributed by atoms with Gasteiger partial charge < -0.3 is 15.5 Å². The van der Waals surface area contributed by atoms with E-state index >= 15 is 0 Å². The monoisotopic (exact) mass is 388 g/mol. The van der Waals surface area contributed by atoms with Gasteiger partial charge in [-0.05, 0) is 57.0 Å². The predicted molar refractivity (Wildman–Crippen MR) is 115 cm³/mol. The van der Waals surface area contributed by atoms with Crippen LogP contribution in [-0.2, 0) is 9.59 Å². The second-order valence-electron chi connectivity index (χ2n) is 7.70. The maximum Gasteiger partial charge on any atom is 0.238 e. The van der Waals surface area contributed by atoms with Crippen LogP contribution in [0.25, 0.3) is 0 Å². The molecule has 0 aliphatic heterocycles. The largest absolute Gasteiger partial charge is 0.355 e. The van der Waals surface area contributed by atoms with Crippen LogP contribution in [0, 0.1) is 13.8 Å². The summed E-state index contributed by atoms with van der Waals surface area (Å²) >= 11 is 0. The third kappa shape index (κ3) is 7.60. The Bertz CT molecular complexity index is 654. The number of carbonyl (C=O) groups excluding carboxylic acids is 2. The van der Waals surface area contributed by atoms with Crippen molar-refractivity contribution in [3.8, 4) is 0 Å². The van der Waals surface area contributed by atoms with E-state index in [1.165, 1.54) is 0 Å². The van der Waals surface area contributed by atoms with Gasteiger partial charge in [-0.2, -0.15) is 0 Å². The molecule has 2 amide bonds. The standard InChI is InChI=1S/C22H36N4O2/c1-5-25(6-2)14-12-23-21(27)11-13-26(19-9-10-19)16-22(28)24-20-15-17(3)7-8-18(20)4/h7-8,15,19H,5-6,9-14,16H2,1-4H3,(H,23,27)(H,24,28). The lowest BCUT2D eigenvalue weighted by atomic mass is 10.1. The van der Waals surface area contributed by atoms with Crippen molar-refractivity contribution in [3.63, 3.8) is 0 Å². The lowest BCUT2D eigenvalue weighted by Gasteiger charge is -2.22. The van der Waals surface area contributed by atoms with Crippen LogP contribution in [0.5, 0.6) is 0 Å². The Morgan fingerprint density at radius 1 is 1.07 bits per heavy atom. The summed E-state index contributed by atoms with van der Waals surface area (Å²) in [7, 11) is 0. The van der Waals surface area contributed by atoms with Gasteiger partial charge in [-0.15, -0.1) is 0 Å². The van der Waals surface area contributed by atoms with Gasteiger partial charge in [0, 0.05) is 37.8 Å². The first-order valence-corrected chi connectivity index (χ1v) is 10.5. The fraction of sp³-hybridized carbons (Fsp3) is 0.636. The Hall–Kier alpha value is -1.92. The molecule has 1 saturated carbocycles. The molecule has 2 N–H and O–H groups in total. The van der Waals surface area contributed by atoms with Crippen molar-refractivity contribution in [2.45, 2.75) is 53.0 Å². The predicted octanol–water partition coefficient (Wildman–Crippen LogP) is 2.55. The fourth-order valence-electron chi connectivity index (χ4n) is 3.30. The van der Waals surface area contributed by atoms with Crippen LogP contribution in [0.3, 0.4) is 0 Å². The van der Waals surface area contributed by atoms with Gasteiger partial charge in [0.1, 0.15) is 0 Å². The topological polar surface area (TPSA) is 64.7 Å². The summed E-state index contributed by atoms with van der Waals surface area (Å²) in [5.74, 6) is 0.0512. The molecule has 0 atom stereocenters. The number of benzene rings is 1. The number of carbonyl (C=O) groups is 2. The van der Waals surface area contributed by atoms with Crippen LogP contribution in [0.1, 0.15) is 44.2 Å². The van der Waals surface area contributed by atoms with Gasteiger partial charge in [0.2, 0.25) is 11.8 Å². The van der Waals surface area contributed by atoms with Crippen molar-refractivity contribution in [2.24, 2.45) is 0 Å². The molecule has 1 aromatic rings. The highest BCUT2D eigenvalue weighted by molar-refractivity contribution is 5.93. The maximum atomic E-state index is 12.5. The van der Waals surface area contributed by atoms with E-state index in [-0.39, 0.29) is 11.8 Å². The summed E-state index contributed by atoms with van der Waals surface area (Å²) < 4.78 is 0. The lowest BCUT2D eigenvalue weighted by Crippen LogP contribution is -2.39. The summed E-state index contributed by atoms with van der Waals surface area (Å²) in [5, 5.41) is 6.02. The molecule has 28 heavy (non-hydrogen) atoms.